The Balaban J connectivity index is 1.50. The van der Waals surface area contributed by atoms with Crippen molar-refractivity contribution >= 4 is 5.91 Å². The first-order chi connectivity index (χ1) is 14.4. The molecular formula is C22H22N6O2. The van der Waals surface area contributed by atoms with Gasteiger partial charge in [-0.1, -0.05) is 56.3 Å². The summed E-state index contributed by atoms with van der Waals surface area (Å²) in [6.07, 6.45) is 4.85. The molecule has 1 aromatic carbocycles. The number of hydrogen-bond donors (Lipinski definition) is 1. The van der Waals surface area contributed by atoms with E-state index in [2.05, 4.69) is 25.4 Å². The molecule has 0 radical (unpaired) electrons. The van der Waals surface area contributed by atoms with Gasteiger partial charge in [-0.15, -0.1) is 0 Å². The Labute approximate surface area is 174 Å². The second-order valence-corrected chi connectivity index (χ2v) is 7.91. The maximum absolute atomic E-state index is 12.4. The molecule has 0 atom stereocenters. The van der Waals surface area contributed by atoms with Crippen LogP contribution in [0.3, 0.4) is 0 Å². The lowest BCUT2D eigenvalue weighted by molar-refractivity contribution is 0.0946. The number of nitrogens with zero attached hydrogens (tertiary/aromatic N) is 5. The Bertz CT molecular complexity index is 1160. The smallest absolute Gasteiger partial charge is 0.271 e. The molecule has 152 valence electrons. The van der Waals surface area contributed by atoms with E-state index in [-0.39, 0.29) is 11.3 Å². The molecule has 0 spiro atoms. The van der Waals surface area contributed by atoms with Gasteiger partial charge in [0.25, 0.3) is 11.8 Å². The molecule has 0 bridgehead atoms. The summed E-state index contributed by atoms with van der Waals surface area (Å²) < 4.78 is 7.09. The van der Waals surface area contributed by atoms with Crippen molar-refractivity contribution in [2.45, 2.75) is 32.7 Å². The summed E-state index contributed by atoms with van der Waals surface area (Å²) in [5.41, 5.74) is 1.87. The monoisotopic (exact) mass is 402 g/mol. The average Bonchev–Trinajstić information content (AvgIpc) is 3.43. The summed E-state index contributed by atoms with van der Waals surface area (Å²) in [4.78, 5) is 25.4. The molecule has 1 N–H and O–H groups in total. The van der Waals surface area contributed by atoms with Crippen molar-refractivity contribution in [1.29, 1.82) is 0 Å². The largest absolute Gasteiger partial charge is 0.347 e. The average molecular weight is 402 g/mol. The van der Waals surface area contributed by atoms with Crippen LogP contribution < -0.4 is 5.32 Å². The number of rotatable bonds is 5. The van der Waals surface area contributed by atoms with Crippen molar-refractivity contribution in [2.24, 2.45) is 0 Å². The summed E-state index contributed by atoms with van der Waals surface area (Å²) in [6, 6.07) is 13.3. The van der Waals surface area contributed by atoms with Crippen molar-refractivity contribution in [3.05, 3.63) is 78.3 Å². The summed E-state index contributed by atoms with van der Waals surface area (Å²) in [5.74, 6) is 1.40. The van der Waals surface area contributed by atoms with Crippen LogP contribution in [0.1, 0.15) is 42.6 Å². The Kier molecular flexibility index (Phi) is 5.14. The van der Waals surface area contributed by atoms with E-state index in [0.717, 1.165) is 11.1 Å². The van der Waals surface area contributed by atoms with Crippen LogP contribution in [0.25, 0.3) is 17.3 Å². The number of carbonyl (C=O) groups is 1. The molecule has 4 aromatic rings. The minimum absolute atomic E-state index is 0.204. The van der Waals surface area contributed by atoms with Crippen molar-refractivity contribution in [1.82, 2.24) is 30.0 Å². The molecule has 0 saturated carbocycles. The number of pyridine rings is 1. The normalized spacial score (nSPS) is 11.4. The van der Waals surface area contributed by atoms with Gasteiger partial charge in [-0.3, -0.25) is 9.36 Å². The summed E-state index contributed by atoms with van der Waals surface area (Å²) in [7, 11) is 0. The van der Waals surface area contributed by atoms with Gasteiger partial charge in [-0.2, -0.15) is 4.98 Å². The second-order valence-electron chi connectivity index (χ2n) is 7.91. The molecule has 8 heteroatoms. The lowest BCUT2D eigenvalue weighted by Crippen LogP contribution is -2.23. The Morgan fingerprint density at radius 3 is 2.67 bits per heavy atom. The van der Waals surface area contributed by atoms with Gasteiger partial charge in [0.15, 0.2) is 5.82 Å². The quantitative estimate of drug-likeness (QED) is 0.548. The molecule has 30 heavy (non-hydrogen) atoms. The molecule has 1 amide bonds. The van der Waals surface area contributed by atoms with Crippen LogP contribution in [-0.4, -0.2) is 30.6 Å². The van der Waals surface area contributed by atoms with Crippen LogP contribution in [0, 0.1) is 0 Å². The van der Waals surface area contributed by atoms with Gasteiger partial charge in [0.05, 0.1) is 0 Å². The minimum Gasteiger partial charge on any atom is -0.347 e. The van der Waals surface area contributed by atoms with E-state index in [9.17, 15) is 4.79 Å². The maximum atomic E-state index is 12.4. The van der Waals surface area contributed by atoms with E-state index >= 15 is 0 Å². The number of benzene rings is 1. The second kappa shape index (κ2) is 7.90. The molecule has 0 aliphatic carbocycles. The van der Waals surface area contributed by atoms with Crippen molar-refractivity contribution < 1.29 is 9.32 Å². The maximum Gasteiger partial charge on any atom is 0.271 e. The van der Waals surface area contributed by atoms with E-state index < -0.39 is 0 Å². The number of aromatic nitrogens is 5. The highest BCUT2D eigenvalue weighted by Crippen LogP contribution is 2.24. The number of amides is 1. The predicted molar refractivity (Wildman–Crippen MR) is 111 cm³/mol. The third kappa shape index (κ3) is 4.27. The van der Waals surface area contributed by atoms with Gasteiger partial charge >= 0.3 is 0 Å². The third-order valence-electron chi connectivity index (χ3n) is 4.46. The molecule has 0 unspecified atom stereocenters. The van der Waals surface area contributed by atoms with Crippen molar-refractivity contribution in [3.63, 3.8) is 0 Å². The highest BCUT2D eigenvalue weighted by Gasteiger charge is 2.21. The Morgan fingerprint density at radius 2 is 1.93 bits per heavy atom. The van der Waals surface area contributed by atoms with E-state index in [1.165, 1.54) is 0 Å². The van der Waals surface area contributed by atoms with Gasteiger partial charge in [0.1, 0.15) is 17.8 Å². The van der Waals surface area contributed by atoms with Crippen molar-refractivity contribution in [3.8, 4) is 17.3 Å². The molecule has 0 aliphatic rings. The highest BCUT2D eigenvalue weighted by molar-refractivity contribution is 5.92. The fourth-order valence-electron chi connectivity index (χ4n) is 2.77. The van der Waals surface area contributed by atoms with Gasteiger partial charge < -0.3 is 9.84 Å². The molecular weight excluding hydrogens is 380 g/mol. The summed E-state index contributed by atoms with van der Waals surface area (Å²) in [5, 5.41) is 6.93. The highest BCUT2D eigenvalue weighted by atomic mass is 16.5. The Hall–Kier alpha value is -3.81. The number of imidazole rings is 1. The lowest BCUT2D eigenvalue weighted by atomic mass is 9.96. The predicted octanol–water partition coefficient (Wildman–Crippen LogP) is 3.54. The van der Waals surface area contributed by atoms with Crippen LogP contribution >= 0.6 is 0 Å². The molecule has 0 aliphatic heterocycles. The standard InChI is InChI=1S/C22H22N6O2/c1-22(2,3)21-26-20(30-27-21)16-9-10-23-18(11-16)28-13-17(25-14-28)19(29)24-12-15-7-5-4-6-8-15/h4-11,13-14H,12H2,1-3H3,(H,24,29). The van der Waals surface area contributed by atoms with Crippen LogP contribution in [0.4, 0.5) is 0 Å². The zero-order valence-electron chi connectivity index (χ0n) is 17.0. The molecule has 0 saturated heterocycles. The zero-order chi connectivity index (χ0) is 21.1. The van der Waals surface area contributed by atoms with Gasteiger partial charge in [-0.25, -0.2) is 9.97 Å². The minimum atomic E-state index is -0.250. The zero-order valence-corrected chi connectivity index (χ0v) is 17.0. The van der Waals surface area contributed by atoms with Crippen LogP contribution in [0.2, 0.25) is 0 Å². The topological polar surface area (TPSA) is 98.7 Å². The van der Waals surface area contributed by atoms with Crippen LogP contribution in [0.5, 0.6) is 0 Å². The molecule has 0 fully saturated rings. The van der Waals surface area contributed by atoms with Gasteiger partial charge in [0, 0.05) is 29.9 Å². The number of nitrogens with one attached hydrogen (secondary N) is 1. The SMILES string of the molecule is CC(C)(C)c1noc(-c2ccnc(-n3cnc(C(=O)NCc4ccccc4)c3)c2)n1. The lowest BCUT2D eigenvalue weighted by Gasteiger charge is -2.10. The molecule has 3 heterocycles. The van der Waals surface area contributed by atoms with Gasteiger partial charge in [0.2, 0.25) is 0 Å². The molecule has 3 aromatic heterocycles. The van der Waals surface area contributed by atoms with E-state index in [1.54, 1.807) is 29.4 Å². The fourth-order valence-corrected chi connectivity index (χ4v) is 2.77. The van der Waals surface area contributed by atoms with Crippen LogP contribution in [-0.2, 0) is 12.0 Å². The van der Waals surface area contributed by atoms with E-state index in [4.69, 9.17) is 4.52 Å². The first kappa shape index (κ1) is 19.5. The van der Waals surface area contributed by atoms with E-state index in [1.807, 2.05) is 57.2 Å². The third-order valence-corrected chi connectivity index (χ3v) is 4.46. The van der Waals surface area contributed by atoms with Crippen molar-refractivity contribution in [2.75, 3.05) is 0 Å². The van der Waals surface area contributed by atoms with Crippen LogP contribution in [0.15, 0.2) is 65.7 Å². The van der Waals surface area contributed by atoms with Gasteiger partial charge in [-0.05, 0) is 17.7 Å². The number of hydrogen-bond acceptors (Lipinski definition) is 6. The summed E-state index contributed by atoms with van der Waals surface area (Å²) >= 11 is 0. The van der Waals surface area contributed by atoms with E-state index in [0.29, 0.717) is 29.8 Å². The molecule has 8 nitrogen and oxygen atoms in total. The molecule has 4 rings (SSSR count). The fraction of sp³-hybridized carbons (Fsp3) is 0.227. The Morgan fingerprint density at radius 1 is 1.13 bits per heavy atom. The summed E-state index contributed by atoms with van der Waals surface area (Å²) in [6.45, 7) is 6.51. The first-order valence-electron chi connectivity index (χ1n) is 9.57. The number of carbonyl (C=O) groups excluding carboxylic acids is 1. The first-order valence-corrected chi connectivity index (χ1v) is 9.57.